The van der Waals surface area contributed by atoms with E-state index in [9.17, 15) is 18.4 Å². The number of aldehydes is 1. The number of ether oxygens (including phenoxy) is 1. The maximum absolute atomic E-state index is 13.9. The fraction of sp³-hybridized carbons (Fsp3) is 0.333. The number of carbonyl (C=O) groups excluding carboxylic acids is 1. The van der Waals surface area contributed by atoms with Gasteiger partial charge in [-0.1, -0.05) is 25.4 Å². The Kier molecular flexibility index (Phi) is 12.4. The fourth-order valence-electron chi connectivity index (χ4n) is 3.66. The van der Waals surface area contributed by atoms with E-state index in [4.69, 9.17) is 16.3 Å². The maximum atomic E-state index is 13.9. The first-order valence-electron chi connectivity index (χ1n) is 13.1. The minimum Gasteiger partial charge on any atom is -0.485 e. The second kappa shape index (κ2) is 15.2. The average molecular weight is 601 g/mol. The molecule has 0 aliphatic rings. The molecular formula is C30H35ClF2N6O3. The Morgan fingerprint density at radius 1 is 1.07 bits per heavy atom. The first-order valence-corrected chi connectivity index (χ1v) is 13.5. The third-order valence-corrected chi connectivity index (χ3v) is 6.08. The van der Waals surface area contributed by atoms with Gasteiger partial charge in [0.1, 0.15) is 41.0 Å². The Hall–Kier alpha value is -4.09. The number of rotatable bonds is 7. The van der Waals surface area contributed by atoms with Crippen molar-refractivity contribution in [2.45, 2.75) is 53.6 Å². The highest BCUT2D eigenvalue weighted by atomic mass is 35.5. The zero-order valence-corrected chi connectivity index (χ0v) is 25.7. The number of nitrogens with one attached hydrogen (secondary N) is 1. The monoisotopic (exact) mass is 600 g/mol. The van der Waals surface area contributed by atoms with Gasteiger partial charge in [-0.3, -0.25) is 19.3 Å². The largest absolute Gasteiger partial charge is 0.485 e. The summed E-state index contributed by atoms with van der Waals surface area (Å²) >= 11 is 6.35. The zero-order chi connectivity index (χ0) is 31.6. The molecule has 4 aromatic heterocycles. The van der Waals surface area contributed by atoms with Crippen LogP contribution in [0.4, 0.5) is 8.78 Å². The van der Waals surface area contributed by atoms with Crippen LogP contribution in [0.3, 0.4) is 0 Å². The summed E-state index contributed by atoms with van der Waals surface area (Å²) in [6, 6.07) is 5.58. The highest BCUT2D eigenvalue weighted by Gasteiger charge is 2.24. The van der Waals surface area contributed by atoms with Gasteiger partial charge in [-0.2, -0.15) is 0 Å². The Labute approximate surface area is 249 Å². The molecule has 0 bridgehead atoms. The second-order valence-electron chi connectivity index (χ2n) is 9.38. The van der Waals surface area contributed by atoms with Crippen molar-refractivity contribution < 1.29 is 18.3 Å². The van der Waals surface area contributed by atoms with Gasteiger partial charge >= 0.3 is 0 Å². The van der Waals surface area contributed by atoms with Gasteiger partial charge in [0.25, 0.3) is 5.56 Å². The summed E-state index contributed by atoms with van der Waals surface area (Å²) in [5.74, 6) is -1.30. The average Bonchev–Trinajstić information content (AvgIpc) is 2.97. The van der Waals surface area contributed by atoms with E-state index in [2.05, 4.69) is 25.3 Å². The molecule has 0 radical (unpaired) electrons. The summed E-state index contributed by atoms with van der Waals surface area (Å²) < 4.78 is 34.0. The number of halogens is 3. The van der Waals surface area contributed by atoms with E-state index in [1.54, 1.807) is 52.1 Å². The summed E-state index contributed by atoms with van der Waals surface area (Å²) in [4.78, 5) is 41.6. The lowest BCUT2D eigenvalue weighted by Gasteiger charge is -2.18. The van der Waals surface area contributed by atoms with E-state index in [0.717, 1.165) is 12.5 Å². The van der Waals surface area contributed by atoms with Crippen LogP contribution in [0.5, 0.6) is 5.75 Å². The molecule has 12 heteroatoms. The second-order valence-corrected chi connectivity index (χ2v) is 9.76. The molecule has 0 saturated carbocycles. The SMILES string of the molecule is CC.CNC.Cc1c(-n2c(C)cc(OCc3ncc(F)cc3F)c(Cl)c2=O)ccnc1-c1ccnc(C(C)(C)C=O)n1. The summed E-state index contributed by atoms with van der Waals surface area (Å²) in [6.07, 6.45) is 4.74. The molecule has 4 heterocycles. The van der Waals surface area contributed by atoms with Crippen LogP contribution < -0.4 is 15.6 Å². The van der Waals surface area contributed by atoms with Crippen molar-refractivity contribution in [2.24, 2.45) is 0 Å². The lowest BCUT2D eigenvalue weighted by atomic mass is 9.94. The van der Waals surface area contributed by atoms with E-state index < -0.39 is 22.6 Å². The zero-order valence-electron chi connectivity index (χ0n) is 24.9. The molecule has 1 N–H and O–H groups in total. The standard InChI is InChI=1S/C26H22ClF2N5O3.C2H7N.C2H6/c1-14-9-21(37-12-19-17(29)10-16(28)11-32-19)22(27)24(36)34(14)20-6-8-30-23(15(20)2)18-5-7-31-25(33-18)26(3,4)13-35;1-3-2;1-2/h5-11,13H,12H2,1-4H3;3H,1-2H3;1-2H3. The van der Waals surface area contributed by atoms with Crippen LogP contribution in [0.25, 0.3) is 17.1 Å². The Bertz CT molecular complexity index is 1590. The molecule has 0 aliphatic carbocycles. The van der Waals surface area contributed by atoms with Gasteiger partial charge in [-0.15, -0.1) is 0 Å². The number of pyridine rings is 3. The Balaban J connectivity index is 0.00000116. The van der Waals surface area contributed by atoms with Crippen LogP contribution in [-0.2, 0) is 16.8 Å². The van der Waals surface area contributed by atoms with Crippen LogP contribution in [0.1, 0.15) is 50.5 Å². The number of aromatic nitrogens is 5. The van der Waals surface area contributed by atoms with E-state index in [0.29, 0.717) is 40.2 Å². The van der Waals surface area contributed by atoms with E-state index in [1.165, 1.54) is 10.8 Å². The number of nitrogens with zero attached hydrogens (tertiary/aromatic N) is 5. The summed E-state index contributed by atoms with van der Waals surface area (Å²) in [5.41, 5.74) is 1.07. The van der Waals surface area contributed by atoms with Gasteiger partial charge in [0.15, 0.2) is 5.82 Å². The molecule has 0 unspecified atom stereocenters. The molecule has 0 spiro atoms. The van der Waals surface area contributed by atoms with E-state index in [-0.39, 0.29) is 23.1 Å². The molecule has 9 nitrogen and oxygen atoms in total. The van der Waals surface area contributed by atoms with Crippen molar-refractivity contribution in [3.05, 3.63) is 92.6 Å². The number of hydrogen-bond acceptors (Lipinski definition) is 8. The van der Waals surface area contributed by atoms with Crippen molar-refractivity contribution in [1.29, 1.82) is 0 Å². The van der Waals surface area contributed by atoms with Crippen LogP contribution in [0, 0.1) is 25.5 Å². The minimum absolute atomic E-state index is 0.0365. The van der Waals surface area contributed by atoms with Crippen LogP contribution >= 0.6 is 11.6 Å². The van der Waals surface area contributed by atoms with Crippen molar-refractivity contribution in [2.75, 3.05) is 14.1 Å². The highest BCUT2D eigenvalue weighted by molar-refractivity contribution is 6.31. The summed E-state index contributed by atoms with van der Waals surface area (Å²) in [6.45, 7) is 10.6. The Morgan fingerprint density at radius 2 is 1.71 bits per heavy atom. The van der Waals surface area contributed by atoms with Gasteiger partial charge in [-0.05, 0) is 53.9 Å². The molecule has 0 saturated heterocycles. The van der Waals surface area contributed by atoms with Gasteiger partial charge in [0.05, 0.1) is 28.7 Å². The van der Waals surface area contributed by atoms with Gasteiger partial charge in [-0.25, -0.2) is 18.7 Å². The van der Waals surface area contributed by atoms with Crippen molar-refractivity contribution in [3.63, 3.8) is 0 Å². The predicted molar refractivity (Wildman–Crippen MR) is 159 cm³/mol. The fourth-order valence-corrected chi connectivity index (χ4v) is 3.85. The van der Waals surface area contributed by atoms with Crippen molar-refractivity contribution >= 4 is 17.9 Å². The minimum atomic E-state index is -0.884. The molecule has 224 valence electrons. The molecule has 4 aromatic rings. The third kappa shape index (κ3) is 7.80. The Morgan fingerprint density at radius 3 is 2.33 bits per heavy atom. The van der Waals surface area contributed by atoms with Gasteiger partial charge < -0.3 is 14.8 Å². The lowest BCUT2D eigenvalue weighted by molar-refractivity contribution is -0.111. The molecule has 0 aliphatic heterocycles. The molecule has 42 heavy (non-hydrogen) atoms. The van der Waals surface area contributed by atoms with Crippen molar-refractivity contribution in [3.8, 4) is 22.8 Å². The summed E-state index contributed by atoms with van der Waals surface area (Å²) in [7, 11) is 3.75. The quantitative estimate of drug-likeness (QED) is 0.275. The maximum Gasteiger partial charge on any atom is 0.277 e. The topological polar surface area (TPSA) is 112 Å². The third-order valence-electron chi connectivity index (χ3n) is 5.73. The molecule has 0 amide bonds. The van der Waals surface area contributed by atoms with Crippen LogP contribution in [0.15, 0.2) is 47.7 Å². The smallest absolute Gasteiger partial charge is 0.277 e. The van der Waals surface area contributed by atoms with E-state index in [1.807, 2.05) is 27.9 Å². The van der Waals surface area contributed by atoms with Gasteiger partial charge in [0.2, 0.25) is 0 Å². The predicted octanol–water partition coefficient (Wildman–Crippen LogP) is 5.55. The number of hydrogen-bond donors (Lipinski definition) is 1. The molecule has 4 rings (SSSR count). The highest BCUT2D eigenvalue weighted by Crippen LogP contribution is 2.29. The van der Waals surface area contributed by atoms with Crippen molar-refractivity contribution in [1.82, 2.24) is 29.8 Å². The number of aryl methyl sites for hydroxylation is 1. The van der Waals surface area contributed by atoms with E-state index >= 15 is 0 Å². The lowest BCUT2D eigenvalue weighted by Crippen LogP contribution is -2.23. The molecule has 0 atom stereocenters. The first kappa shape index (κ1) is 34.1. The first-order chi connectivity index (χ1) is 19.9. The molecule has 0 fully saturated rings. The molecular weight excluding hydrogens is 566 g/mol. The van der Waals surface area contributed by atoms with Gasteiger partial charge in [0, 0.05) is 35.8 Å². The van der Waals surface area contributed by atoms with Crippen LogP contribution in [0.2, 0.25) is 5.02 Å². The summed E-state index contributed by atoms with van der Waals surface area (Å²) in [5, 5.41) is 2.53. The number of carbonyl (C=O) groups is 1. The van der Waals surface area contributed by atoms with Crippen LogP contribution in [-0.4, -0.2) is 44.9 Å². The molecule has 0 aromatic carbocycles. The normalized spacial score (nSPS) is 10.6.